The summed E-state index contributed by atoms with van der Waals surface area (Å²) in [7, 11) is 0. The van der Waals surface area contributed by atoms with Gasteiger partial charge in [-0.15, -0.1) is 0 Å². The molecule has 4 amide bonds. The van der Waals surface area contributed by atoms with Crippen LogP contribution in [0.4, 0.5) is 10.1 Å². The molecule has 0 saturated heterocycles. The Morgan fingerprint density at radius 2 is 1.26 bits per heavy atom. The van der Waals surface area contributed by atoms with Crippen LogP contribution in [0.1, 0.15) is 20.7 Å². The number of rotatable bonds is 2. The molecule has 0 bridgehead atoms. The van der Waals surface area contributed by atoms with Gasteiger partial charge >= 0.3 is 0 Å². The number of carbonyl (C=O) groups excluding carboxylic acids is 4. The summed E-state index contributed by atoms with van der Waals surface area (Å²) in [5.41, 5.74) is 1.28. The number of benzene rings is 2. The summed E-state index contributed by atoms with van der Waals surface area (Å²) in [6, 6.07) is 11.9. The average molecular weight is 364 g/mol. The minimum absolute atomic E-state index is 0.296. The SMILES string of the molecule is C=CN1C(=O)c2ccccc2C1=O.O=C1C=CC(=O)N1c1ccc(F)cc1. The lowest BCUT2D eigenvalue weighted by atomic mass is 10.1. The van der Waals surface area contributed by atoms with Gasteiger partial charge in [-0.3, -0.25) is 19.2 Å². The van der Waals surface area contributed by atoms with Gasteiger partial charge in [0.15, 0.2) is 0 Å². The maximum absolute atomic E-state index is 12.6. The largest absolute Gasteiger partial charge is 0.269 e. The van der Waals surface area contributed by atoms with E-state index in [9.17, 15) is 23.6 Å². The van der Waals surface area contributed by atoms with Crippen LogP contribution in [0.5, 0.6) is 0 Å². The Morgan fingerprint density at radius 1 is 0.778 bits per heavy atom. The Hall–Kier alpha value is -3.87. The monoisotopic (exact) mass is 364 g/mol. The second kappa shape index (κ2) is 7.17. The van der Waals surface area contributed by atoms with Gasteiger partial charge in [0.2, 0.25) is 0 Å². The fraction of sp³-hybridized carbons (Fsp3) is 0. The van der Waals surface area contributed by atoms with E-state index in [0.29, 0.717) is 16.8 Å². The predicted molar refractivity (Wildman–Crippen MR) is 95.2 cm³/mol. The number of hydrogen-bond acceptors (Lipinski definition) is 4. The molecular formula is C20H13FN2O4. The summed E-state index contributed by atoms with van der Waals surface area (Å²) in [4.78, 5) is 47.3. The van der Waals surface area contributed by atoms with Crippen molar-refractivity contribution in [1.82, 2.24) is 4.90 Å². The van der Waals surface area contributed by atoms with Crippen molar-refractivity contribution in [2.45, 2.75) is 0 Å². The minimum Gasteiger partial charge on any atom is -0.269 e. The van der Waals surface area contributed by atoms with E-state index >= 15 is 0 Å². The summed E-state index contributed by atoms with van der Waals surface area (Å²) in [6.07, 6.45) is 3.61. The van der Waals surface area contributed by atoms with Gasteiger partial charge in [-0.2, -0.15) is 0 Å². The first-order valence-electron chi connectivity index (χ1n) is 7.85. The van der Waals surface area contributed by atoms with Crippen LogP contribution in [0.25, 0.3) is 0 Å². The Balaban J connectivity index is 0.000000156. The first kappa shape index (κ1) is 17.9. The van der Waals surface area contributed by atoms with Crippen molar-refractivity contribution in [3.8, 4) is 0 Å². The number of halogens is 1. The Labute approximate surface area is 153 Å². The lowest BCUT2D eigenvalue weighted by molar-refractivity contribution is -0.119. The summed E-state index contributed by atoms with van der Waals surface area (Å²) in [5.74, 6) is -1.80. The lowest BCUT2D eigenvalue weighted by Crippen LogP contribution is -2.29. The molecular weight excluding hydrogens is 351 g/mol. The number of carbonyl (C=O) groups is 4. The van der Waals surface area contributed by atoms with Gasteiger partial charge in [0.25, 0.3) is 23.6 Å². The molecule has 27 heavy (non-hydrogen) atoms. The molecule has 0 fully saturated rings. The molecule has 0 spiro atoms. The van der Waals surface area contributed by atoms with Crippen LogP contribution in [-0.2, 0) is 9.59 Å². The second-order valence-corrected chi connectivity index (χ2v) is 5.53. The first-order valence-corrected chi connectivity index (χ1v) is 7.85. The van der Waals surface area contributed by atoms with E-state index < -0.39 is 17.6 Å². The predicted octanol–water partition coefficient (Wildman–Crippen LogP) is 2.68. The highest BCUT2D eigenvalue weighted by Crippen LogP contribution is 2.22. The van der Waals surface area contributed by atoms with Gasteiger partial charge in [-0.05, 0) is 36.4 Å². The molecule has 6 nitrogen and oxygen atoms in total. The van der Waals surface area contributed by atoms with Crippen molar-refractivity contribution in [3.63, 3.8) is 0 Å². The molecule has 0 aliphatic carbocycles. The van der Waals surface area contributed by atoms with Gasteiger partial charge in [-0.1, -0.05) is 18.7 Å². The topological polar surface area (TPSA) is 74.8 Å². The van der Waals surface area contributed by atoms with E-state index in [4.69, 9.17) is 0 Å². The fourth-order valence-electron chi connectivity index (χ4n) is 2.62. The zero-order valence-electron chi connectivity index (χ0n) is 14.0. The highest BCUT2D eigenvalue weighted by molar-refractivity contribution is 6.28. The molecule has 2 aliphatic rings. The molecule has 2 aromatic carbocycles. The van der Waals surface area contributed by atoms with Gasteiger partial charge in [0.05, 0.1) is 16.8 Å². The van der Waals surface area contributed by atoms with Crippen molar-refractivity contribution in [2.24, 2.45) is 0 Å². The van der Waals surface area contributed by atoms with Crippen LogP contribution in [0.2, 0.25) is 0 Å². The molecule has 134 valence electrons. The van der Waals surface area contributed by atoms with E-state index in [2.05, 4.69) is 6.58 Å². The highest BCUT2D eigenvalue weighted by atomic mass is 19.1. The van der Waals surface area contributed by atoms with E-state index in [1.54, 1.807) is 24.3 Å². The third-order valence-corrected chi connectivity index (χ3v) is 3.90. The molecule has 2 aromatic rings. The Bertz CT molecular complexity index is 942. The summed E-state index contributed by atoms with van der Waals surface area (Å²) in [5, 5.41) is 0. The number of hydrogen-bond donors (Lipinski definition) is 0. The van der Waals surface area contributed by atoms with Gasteiger partial charge in [0, 0.05) is 18.4 Å². The third-order valence-electron chi connectivity index (χ3n) is 3.90. The van der Waals surface area contributed by atoms with Crippen LogP contribution in [0.3, 0.4) is 0 Å². The number of amides is 4. The molecule has 0 atom stereocenters. The number of anilines is 1. The van der Waals surface area contributed by atoms with Crippen LogP contribution in [-0.4, -0.2) is 28.5 Å². The quantitative estimate of drug-likeness (QED) is 0.768. The van der Waals surface area contributed by atoms with Crippen molar-refractivity contribution in [1.29, 1.82) is 0 Å². The molecule has 0 saturated carbocycles. The standard InChI is InChI=1S/C10H6FNO2.C10H7NO2/c11-7-1-3-8(4-2-7)12-9(13)5-6-10(12)14;1-2-11-9(12)7-5-3-4-6-8(7)10(11)13/h1-6H;2-6H,1H2. The zero-order chi connectivity index (χ0) is 19.6. The molecule has 0 aromatic heterocycles. The van der Waals surface area contributed by atoms with E-state index in [-0.39, 0.29) is 11.8 Å². The van der Waals surface area contributed by atoms with E-state index in [1.807, 2.05) is 0 Å². The molecule has 4 rings (SSSR count). The van der Waals surface area contributed by atoms with Crippen LogP contribution in [0, 0.1) is 5.82 Å². The van der Waals surface area contributed by atoms with E-state index in [0.717, 1.165) is 9.80 Å². The van der Waals surface area contributed by atoms with Crippen molar-refractivity contribution in [2.75, 3.05) is 4.90 Å². The normalized spacial score (nSPS) is 15.0. The Kier molecular flexibility index (Phi) is 4.76. The van der Waals surface area contributed by atoms with Gasteiger partial charge in [-0.25, -0.2) is 14.2 Å². The summed E-state index contributed by atoms with van der Waals surface area (Å²) >= 11 is 0. The molecule has 2 heterocycles. The maximum atomic E-state index is 12.6. The van der Waals surface area contributed by atoms with Gasteiger partial charge < -0.3 is 0 Å². The van der Waals surface area contributed by atoms with Crippen molar-refractivity contribution in [3.05, 3.63) is 90.4 Å². The van der Waals surface area contributed by atoms with Crippen molar-refractivity contribution >= 4 is 29.3 Å². The molecule has 2 aliphatic heterocycles. The maximum Gasteiger partial charge on any atom is 0.265 e. The minimum atomic E-state index is -0.402. The van der Waals surface area contributed by atoms with Crippen LogP contribution in [0.15, 0.2) is 73.5 Å². The summed E-state index contributed by atoms with van der Waals surface area (Å²) in [6.45, 7) is 3.41. The molecule has 0 radical (unpaired) electrons. The van der Waals surface area contributed by atoms with Crippen LogP contribution < -0.4 is 4.90 Å². The molecule has 7 heteroatoms. The average Bonchev–Trinajstić information content (AvgIpc) is 3.13. The van der Waals surface area contributed by atoms with Crippen molar-refractivity contribution < 1.29 is 23.6 Å². The molecule has 0 N–H and O–H groups in total. The second-order valence-electron chi connectivity index (χ2n) is 5.53. The van der Waals surface area contributed by atoms with E-state index in [1.165, 1.54) is 42.6 Å². The Morgan fingerprint density at radius 3 is 1.70 bits per heavy atom. The van der Waals surface area contributed by atoms with Gasteiger partial charge in [0.1, 0.15) is 5.82 Å². The highest BCUT2D eigenvalue weighted by Gasteiger charge is 2.33. The first-order chi connectivity index (χ1) is 12.9. The zero-order valence-corrected chi connectivity index (χ0v) is 14.0. The number of nitrogens with zero attached hydrogens (tertiary/aromatic N) is 2. The molecule has 0 unspecified atom stereocenters. The number of fused-ring (bicyclic) bond motifs is 1. The summed E-state index contributed by atoms with van der Waals surface area (Å²) < 4.78 is 12.6. The van der Waals surface area contributed by atoms with Crippen LogP contribution >= 0.6 is 0 Å². The number of imide groups is 2. The third kappa shape index (κ3) is 3.30. The fourth-order valence-corrected chi connectivity index (χ4v) is 2.62. The smallest absolute Gasteiger partial charge is 0.265 e. The lowest BCUT2D eigenvalue weighted by Gasteiger charge is -2.12.